The molecule has 1 aromatic rings. The van der Waals surface area contributed by atoms with Gasteiger partial charge < -0.3 is 9.64 Å². The molecule has 1 aliphatic rings. The number of methoxy groups -OCH3 is 1. The third-order valence-electron chi connectivity index (χ3n) is 3.12. The number of alkyl halides is 2. The Hall–Kier alpha value is -1.69. The topological polar surface area (TPSA) is 41.6 Å². The summed E-state index contributed by atoms with van der Waals surface area (Å²) in [4.78, 5) is 13.0. The fraction of sp³-hybridized carbons (Fsp3) is 0.462. The summed E-state index contributed by atoms with van der Waals surface area (Å²) in [7, 11) is 1.53. The quantitative estimate of drug-likeness (QED) is 0.906. The van der Waals surface area contributed by atoms with Crippen LogP contribution in [0.25, 0.3) is 0 Å². The average Bonchev–Trinajstić information content (AvgIpc) is 2.66. The molecule has 4 nitrogen and oxygen atoms in total. The van der Waals surface area contributed by atoms with Crippen LogP contribution in [0.4, 0.5) is 8.78 Å². The highest BCUT2D eigenvalue weighted by molar-refractivity contribution is 5.84. The van der Waals surface area contributed by atoms with Gasteiger partial charge >= 0.3 is 0 Å². The minimum absolute atomic E-state index is 0.312. The van der Waals surface area contributed by atoms with Crippen LogP contribution in [0.15, 0.2) is 24.3 Å². The van der Waals surface area contributed by atoms with E-state index in [0.29, 0.717) is 5.75 Å². The predicted molar refractivity (Wildman–Crippen MR) is 66.0 cm³/mol. The molecule has 0 saturated carbocycles. The van der Waals surface area contributed by atoms with Gasteiger partial charge in [-0.1, -0.05) is 12.1 Å². The van der Waals surface area contributed by atoms with Crippen molar-refractivity contribution < 1.29 is 18.3 Å². The van der Waals surface area contributed by atoms with Gasteiger partial charge in [0.05, 0.1) is 19.7 Å². The Morgan fingerprint density at radius 3 is 2.84 bits per heavy atom. The van der Waals surface area contributed by atoms with Crippen molar-refractivity contribution in [1.29, 1.82) is 0 Å². The normalized spacial score (nSPS) is 23.2. The van der Waals surface area contributed by atoms with Gasteiger partial charge in [0, 0.05) is 0 Å². The number of rotatable bonds is 4. The van der Waals surface area contributed by atoms with Crippen molar-refractivity contribution in [3.05, 3.63) is 29.8 Å². The van der Waals surface area contributed by atoms with Gasteiger partial charge in [-0.15, -0.1) is 0 Å². The van der Waals surface area contributed by atoms with Crippen molar-refractivity contribution in [2.24, 2.45) is 0 Å². The summed E-state index contributed by atoms with van der Waals surface area (Å²) < 4.78 is 30.3. The van der Waals surface area contributed by atoms with Crippen molar-refractivity contribution in [3.63, 3.8) is 0 Å². The molecule has 6 heteroatoms. The van der Waals surface area contributed by atoms with Gasteiger partial charge in [0.2, 0.25) is 5.91 Å². The summed E-state index contributed by atoms with van der Waals surface area (Å²) >= 11 is 0. The van der Waals surface area contributed by atoms with Crippen LogP contribution in [0.2, 0.25) is 0 Å². The van der Waals surface area contributed by atoms with E-state index in [2.05, 4.69) is 5.32 Å². The van der Waals surface area contributed by atoms with Gasteiger partial charge in [0.15, 0.2) is 0 Å². The minimum atomic E-state index is -2.55. The zero-order valence-corrected chi connectivity index (χ0v) is 10.8. The molecular weight excluding hydrogens is 254 g/mol. The van der Waals surface area contributed by atoms with Crippen LogP contribution in [0.1, 0.15) is 18.7 Å². The van der Waals surface area contributed by atoms with Gasteiger partial charge in [0.1, 0.15) is 11.9 Å². The highest BCUT2D eigenvalue weighted by atomic mass is 19.3. The second kappa shape index (κ2) is 5.52. The standard InChI is InChI=1S/C13H16F2N2O2/c1-8-13(18)17(7-11(14)15)12(16-8)9-4-3-5-10(6-9)19-2/h3-6,8,11-12,16H,7H2,1-2H3. The maximum atomic E-state index is 12.6. The molecule has 0 aromatic heterocycles. The lowest BCUT2D eigenvalue weighted by Crippen LogP contribution is -2.34. The van der Waals surface area contributed by atoms with Crippen molar-refractivity contribution in [1.82, 2.24) is 10.2 Å². The first-order chi connectivity index (χ1) is 9.02. The summed E-state index contributed by atoms with van der Waals surface area (Å²) in [6.07, 6.45) is -3.09. The first-order valence-electron chi connectivity index (χ1n) is 6.01. The molecule has 1 heterocycles. The third-order valence-corrected chi connectivity index (χ3v) is 3.12. The summed E-state index contributed by atoms with van der Waals surface area (Å²) in [5, 5.41) is 3.01. The maximum Gasteiger partial charge on any atom is 0.255 e. The second-order valence-corrected chi connectivity index (χ2v) is 4.45. The molecule has 1 aromatic carbocycles. The van der Waals surface area contributed by atoms with Gasteiger partial charge in [-0.2, -0.15) is 0 Å². The summed E-state index contributed by atoms with van der Waals surface area (Å²) in [6.45, 7) is 1.10. The number of nitrogens with zero attached hydrogens (tertiary/aromatic N) is 1. The molecule has 1 amide bonds. The van der Waals surface area contributed by atoms with Crippen LogP contribution in [0.5, 0.6) is 5.75 Å². The van der Waals surface area contributed by atoms with Crippen molar-refractivity contribution in [2.75, 3.05) is 13.7 Å². The van der Waals surface area contributed by atoms with Crippen LogP contribution in [-0.2, 0) is 4.79 Å². The molecule has 2 rings (SSSR count). The highest BCUT2D eigenvalue weighted by Gasteiger charge is 2.38. The monoisotopic (exact) mass is 270 g/mol. The number of hydrogen-bond acceptors (Lipinski definition) is 3. The van der Waals surface area contributed by atoms with E-state index in [1.807, 2.05) is 0 Å². The van der Waals surface area contributed by atoms with E-state index in [1.54, 1.807) is 31.2 Å². The number of carbonyl (C=O) groups is 1. The molecular formula is C13H16F2N2O2. The molecule has 2 unspecified atom stereocenters. The van der Waals surface area contributed by atoms with E-state index >= 15 is 0 Å². The Balaban J connectivity index is 2.27. The van der Waals surface area contributed by atoms with Crippen LogP contribution >= 0.6 is 0 Å². The molecule has 0 bridgehead atoms. The molecule has 0 aliphatic carbocycles. The number of amides is 1. The number of halogens is 2. The first kappa shape index (κ1) is 13.7. The van der Waals surface area contributed by atoms with E-state index in [-0.39, 0.29) is 5.91 Å². The van der Waals surface area contributed by atoms with Gasteiger partial charge in [0.25, 0.3) is 6.43 Å². The van der Waals surface area contributed by atoms with Crippen LogP contribution in [0, 0.1) is 0 Å². The fourth-order valence-corrected chi connectivity index (χ4v) is 2.21. The molecule has 1 saturated heterocycles. The molecule has 19 heavy (non-hydrogen) atoms. The Morgan fingerprint density at radius 1 is 1.47 bits per heavy atom. The van der Waals surface area contributed by atoms with Gasteiger partial charge in [-0.3, -0.25) is 10.1 Å². The third kappa shape index (κ3) is 2.84. The Labute approximate surface area is 110 Å². The molecule has 1 N–H and O–H groups in total. The molecule has 1 aliphatic heterocycles. The van der Waals surface area contributed by atoms with E-state index < -0.39 is 25.2 Å². The van der Waals surface area contributed by atoms with Crippen LogP contribution in [-0.4, -0.2) is 36.9 Å². The smallest absolute Gasteiger partial charge is 0.255 e. The lowest BCUT2D eigenvalue weighted by Gasteiger charge is -2.24. The first-order valence-corrected chi connectivity index (χ1v) is 6.01. The van der Waals surface area contributed by atoms with E-state index in [1.165, 1.54) is 12.0 Å². The van der Waals surface area contributed by atoms with Gasteiger partial charge in [-0.05, 0) is 24.6 Å². The highest BCUT2D eigenvalue weighted by Crippen LogP contribution is 2.28. The lowest BCUT2D eigenvalue weighted by molar-refractivity contribution is -0.131. The molecule has 1 fully saturated rings. The predicted octanol–water partition coefficient (Wildman–Crippen LogP) is 1.78. The van der Waals surface area contributed by atoms with Crippen LogP contribution in [0.3, 0.4) is 0 Å². The van der Waals surface area contributed by atoms with Crippen molar-refractivity contribution in [2.45, 2.75) is 25.6 Å². The number of nitrogens with one attached hydrogen (secondary N) is 1. The Bertz CT molecular complexity index is 468. The number of benzene rings is 1. The lowest BCUT2D eigenvalue weighted by atomic mass is 10.1. The Morgan fingerprint density at radius 2 is 2.21 bits per heavy atom. The summed E-state index contributed by atoms with van der Waals surface area (Å²) in [5.74, 6) is 0.316. The fourth-order valence-electron chi connectivity index (χ4n) is 2.21. The molecule has 0 radical (unpaired) electrons. The molecule has 2 atom stereocenters. The summed E-state index contributed by atoms with van der Waals surface area (Å²) in [6, 6.07) is 6.59. The second-order valence-electron chi connectivity index (χ2n) is 4.45. The molecule has 104 valence electrons. The maximum absolute atomic E-state index is 12.6. The van der Waals surface area contributed by atoms with Crippen molar-refractivity contribution in [3.8, 4) is 5.75 Å². The van der Waals surface area contributed by atoms with Crippen molar-refractivity contribution >= 4 is 5.91 Å². The van der Waals surface area contributed by atoms with E-state index in [9.17, 15) is 13.6 Å². The largest absolute Gasteiger partial charge is 0.497 e. The molecule has 0 spiro atoms. The summed E-state index contributed by atoms with van der Waals surface area (Å²) in [5.41, 5.74) is 0.734. The number of carbonyl (C=O) groups excluding carboxylic acids is 1. The SMILES string of the molecule is COc1cccc(C2NC(C)C(=O)N2CC(F)F)c1. The zero-order chi connectivity index (χ0) is 14.0. The van der Waals surface area contributed by atoms with Gasteiger partial charge in [-0.25, -0.2) is 8.78 Å². The average molecular weight is 270 g/mol. The Kier molecular flexibility index (Phi) is 3.99. The minimum Gasteiger partial charge on any atom is -0.497 e. The van der Waals surface area contributed by atoms with E-state index in [4.69, 9.17) is 4.74 Å². The zero-order valence-electron chi connectivity index (χ0n) is 10.8. The van der Waals surface area contributed by atoms with E-state index in [0.717, 1.165) is 5.56 Å². The number of ether oxygens (including phenoxy) is 1. The number of hydrogen-bond donors (Lipinski definition) is 1. The van der Waals surface area contributed by atoms with Crippen LogP contribution < -0.4 is 10.1 Å².